The van der Waals surface area contributed by atoms with Gasteiger partial charge in [-0.25, -0.2) is 0 Å². The second-order valence-electron chi connectivity index (χ2n) is 5.11. The van der Waals surface area contributed by atoms with Crippen molar-refractivity contribution in [3.05, 3.63) is 29.8 Å². The summed E-state index contributed by atoms with van der Waals surface area (Å²) in [4.78, 5) is 10.8. The summed E-state index contributed by atoms with van der Waals surface area (Å²) in [7, 11) is 0. The predicted octanol–water partition coefficient (Wildman–Crippen LogP) is 2.93. The summed E-state index contributed by atoms with van der Waals surface area (Å²) in [6.45, 7) is 0.417. The molecule has 0 radical (unpaired) electrons. The van der Waals surface area contributed by atoms with Crippen molar-refractivity contribution in [3.8, 4) is 5.75 Å². The number of carbonyl (C=O) groups is 1. The van der Waals surface area contributed by atoms with Gasteiger partial charge >= 0.3 is 12.3 Å². The van der Waals surface area contributed by atoms with Gasteiger partial charge in [-0.05, 0) is 36.5 Å². The van der Waals surface area contributed by atoms with E-state index >= 15 is 0 Å². The molecule has 1 atom stereocenters. The Hall–Kier alpha value is -1.76. The summed E-state index contributed by atoms with van der Waals surface area (Å²) in [5.41, 5.74) is 0.778. The van der Waals surface area contributed by atoms with Gasteiger partial charge in [-0.1, -0.05) is 12.1 Å². The Morgan fingerprint density at radius 3 is 2.43 bits per heavy atom. The summed E-state index contributed by atoms with van der Waals surface area (Å²) in [5, 5.41) is 12.0. The Morgan fingerprint density at radius 2 is 1.95 bits per heavy atom. The van der Waals surface area contributed by atoms with Crippen molar-refractivity contribution in [1.82, 2.24) is 5.32 Å². The van der Waals surface area contributed by atoms with Crippen molar-refractivity contribution < 1.29 is 27.8 Å². The van der Waals surface area contributed by atoms with Crippen LogP contribution in [0.4, 0.5) is 13.2 Å². The minimum Gasteiger partial charge on any atom is -0.481 e. The molecule has 1 aromatic carbocycles. The first-order valence-corrected chi connectivity index (χ1v) is 6.63. The average molecular weight is 303 g/mol. The van der Waals surface area contributed by atoms with Crippen LogP contribution in [0.15, 0.2) is 24.3 Å². The van der Waals surface area contributed by atoms with Crippen LogP contribution in [0.3, 0.4) is 0 Å². The van der Waals surface area contributed by atoms with E-state index in [4.69, 9.17) is 5.11 Å². The van der Waals surface area contributed by atoms with Gasteiger partial charge in [-0.2, -0.15) is 0 Å². The molecule has 0 aromatic heterocycles. The Kier molecular flexibility index (Phi) is 4.72. The topological polar surface area (TPSA) is 58.6 Å². The van der Waals surface area contributed by atoms with Crippen LogP contribution in [0.25, 0.3) is 0 Å². The predicted molar refractivity (Wildman–Crippen MR) is 68.7 cm³/mol. The van der Waals surface area contributed by atoms with Crippen molar-refractivity contribution >= 4 is 5.97 Å². The van der Waals surface area contributed by atoms with E-state index in [-0.39, 0.29) is 18.2 Å². The lowest BCUT2D eigenvalue weighted by Crippen LogP contribution is -2.32. The van der Waals surface area contributed by atoms with E-state index in [2.05, 4.69) is 10.1 Å². The number of rotatable bonds is 7. The Bertz CT molecular complexity index is 483. The first-order valence-electron chi connectivity index (χ1n) is 6.63. The fourth-order valence-electron chi connectivity index (χ4n) is 2.15. The minimum absolute atomic E-state index is 0.0555. The number of ether oxygens (including phenoxy) is 1. The molecule has 1 aliphatic carbocycles. The van der Waals surface area contributed by atoms with E-state index in [1.54, 1.807) is 0 Å². The van der Waals surface area contributed by atoms with E-state index in [1.165, 1.54) is 24.3 Å². The number of hydrogen-bond acceptors (Lipinski definition) is 3. The van der Waals surface area contributed by atoms with E-state index in [0.29, 0.717) is 12.5 Å². The number of nitrogens with one attached hydrogen (secondary N) is 1. The highest BCUT2D eigenvalue weighted by molar-refractivity contribution is 5.67. The third-order valence-corrected chi connectivity index (χ3v) is 3.31. The number of carboxylic acids is 1. The van der Waals surface area contributed by atoms with Crippen LogP contribution in [0.2, 0.25) is 0 Å². The normalized spacial score (nSPS) is 16.5. The molecule has 116 valence electrons. The molecule has 2 rings (SSSR count). The van der Waals surface area contributed by atoms with Gasteiger partial charge in [0.25, 0.3) is 0 Å². The maximum absolute atomic E-state index is 12.0. The molecule has 1 aliphatic rings. The molecule has 2 N–H and O–H groups in total. The van der Waals surface area contributed by atoms with Gasteiger partial charge in [0.2, 0.25) is 0 Å². The van der Waals surface area contributed by atoms with Gasteiger partial charge in [0.05, 0.1) is 6.42 Å². The molecule has 0 bridgehead atoms. The maximum atomic E-state index is 12.0. The molecule has 4 nitrogen and oxygen atoms in total. The van der Waals surface area contributed by atoms with Crippen molar-refractivity contribution in [2.45, 2.75) is 38.2 Å². The quantitative estimate of drug-likeness (QED) is 0.813. The van der Waals surface area contributed by atoms with Crippen LogP contribution in [0, 0.1) is 5.92 Å². The standard InChI is InChI=1S/C14H16F3NO3/c15-14(16,17)21-11-5-1-9(2-6-11)8-18-12(7-13(19)20)10-3-4-10/h1-2,5-6,10,12,18H,3-4,7-8H2,(H,19,20). The number of aliphatic carboxylic acids is 1. The molecular formula is C14H16F3NO3. The number of benzene rings is 1. The van der Waals surface area contributed by atoms with Gasteiger partial charge in [0.15, 0.2) is 0 Å². The summed E-state index contributed by atoms with van der Waals surface area (Å²) in [6.07, 6.45) is -2.61. The Morgan fingerprint density at radius 1 is 1.33 bits per heavy atom. The molecule has 0 aliphatic heterocycles. The SMILES string of the molecule is O=C(O)CC(NCc1ccc(OC(F)(F)F)cc1)C1CC1. The largest absolute Gasteiger partial charge is 0.573 e. The van der Waals surface area contributed by atoms with Crippen LogP contribution in [0.5, 0.6) is 5.75 Å². The highest BCUT2D eigenvalue weighted by atomic mass is 19.4. The van der Waals surface area contributed by atoms with Crippen LogP contribution < -0.4 is 10.1 Å². The lowest BCUT2D eigenvalue weighted by atomic mass is 10.1. The molecule has 7 heteroatoms. The maximum Gasteiger partial charge on any atom is 0.573 e. The number of hydrogen-bond donors (Lipinski definition) is 2. The summed E-state index contributed by atoms with van der Waals surface area (Å²) in [6, 6.07) is 5.45. The first kappa shape index (κ1) is 15.6. The minimum atomic E-state index is -4.70. The fourth-order valence-corrected chi connectivity index (χ4v) is 2.15. The number of alkyl halides is 3. The van der Waals surface area contributed by atoms with Crippen LogP contribution in [0.1, 0.15) is 24.8 Å². The number of halogens is 3. The second-order valence-corrected chi connectivity index (χ2v) is 5.11. The molecule has 1 aromatic rings. The average Bonchev–Trinajstić information content (AvgIpc) is 3.18. The third-order valence-electron chi connectivity index (χ3n) is 3.31. The van der Waals surface area contributed by atoms with E-state index in [0.717, 1.165) is 18.4 Å². The van der Waals surface area contributed by atoms with Crippen LogP contribution >= 0.6 is 0 Å². The van der Waals surface area contributed by atoms with E-state index < -0.39 is 12.3 Å². The smallest absolute Gasteiger partial charge is 0.481 e. The number of carboxylic acid groups (broad SMARTS) is 1. The zero-order valence-electron chi connectivity index (χ0n) is 11.2. The zero-order chi connectivity index (χ0) is 15.5. The first-order chi connectivity index (χ1) is 9.83. The molecule has 21 heavy (non-hydrogen) atoms. The van der Waals surface area contributed by atoms with Crippen molar-refractivity contribution in [1.29, 1.82) is 0 Å². The van der Waals surface area contributed by atoms with E-state index in [1.807, 2.05) is 0 Å². The highest BCUT2D eigenvalue weighted by Crippen LogP contribution is 2.34. The second kappa shape index (κ2) is 6.34. The van der Waals surface area contributed by atoms with Gasteiger partial charge in [-0.3, -0.25) is 4.79 Å². The van der Waals surface area contributed by atoms with Crippen LogP contribution in [-0.4, -0.2) is 23.5 Å². The van der Waals surface area contributed by atoms with Crippen molar-refractivity contribution in [3.63, 3.8) is 0 Å². The summed E-state index contributed by atoms with van der Waals surface area (Å²) in [5.74, 6) is -0.738. The molecule has 0 heterocycles. The molecule has 1 fully saturated rings. The molecule has 0 spiro atoms. The monoisotopic (exact) mass is 303 g/mol. The molecule has 1 unspecified atom stereocenters. The lowest BCUT2D eigenvalue weighted by molar-refractivity contribution is -0.274. The Balaban J connectivity index is 1.86. The van der Waals surface area contributed by atoms with Crippen LogP contribution in [-0.2, 0) is 11.3 Å². The van der Waals surface area contributed by atoms with Crippen molar-refractivity contribution in [2.75, 3.05) is 0 Å². The molecule has 0 amide bonds. The van der Waals surface area contributed by atoms with Crippen molar-refractivity contribution in [2.24, 2.45) is 5.92 Å². The van der Waals surface area contributed by atoms with Gasteiger partial charge in [0.1, 0.15) is 5.75 Å². The zero-order valence-corrected chi connectivity index (χ0v) is 11.2. The van der Waals surface area contributed by atoms with Gasteiger partial charge < -0.3 is 15.2 Å². The van der Waals surface area contributed by atoms with Gasteiger partial charge in [0, 0.05) is 12.6 Å². The Labute approximate surface area is 119 Å². The lowest BCUT2D eigenvalue weighted by Gasteiger charge is -2.16. The molecular weight excluding hydrogens is 287 g/mol. The highest BCUT2D eigenvalue weighted by Gasteiger charge is 2.32. The summed E-state index contributed by atoms with van der Waals surface area (Å²) < 4.78 is 39.9. The molecule has 1 saturated carbocycles. The summed E-state index contributed by atoms with van der Waals surface area (Å²) >= 11 is 0. The third kappa shape index (κ3) is 5.63. The van der Waals surface area contributed by atoms with Gasteiger partial charge in [-0.15, -0.1) is 13.2 Å². The fraction of sp³-hybridized carbons (Fsp3) is 0.500. The van der Waals surface area contributed by atoms with E-state index in [9.17, 15) is 18.0 Å². The molecule has 0 saturated heterocycles.